The first kappa shape index (κ1) is 26.7. The second kappa shape index (κ2) is 10.0. The molecule has 0 spiro atoms. The molecule has 6 nitrogen and oxygen atoms in total. The van der Waals surface area contributed by atoms with E-state index in [0.29, 0.717) is 18.4 Å². The van der Waals surface area contributed by atoms with Gasteiger partial charge in [0.05, 0.1) is 15.2 Å². The molecule has 0 aromatic heterocycles. The Balaban J connectivity index is 1.39. The van der Waals surface area contributed by atoms with Crippen molar-refractivity contribution in [3.63, 3.8) is 0 Å². The quantitative estimate of drug-likeness (QED) is 0.379. The van der Waals surface area contributed by atoms with E-state index >= 15 is 0 Å². The Kier molecular flexibility index (Phi) is 7.06. The number of carbonyl (C=O) groups excluding carboxylic acids is 1. The van der Waals surface area contributed by atoms with Crippen molar-refractivity contribution in [2.75, 3.05) is 5.32 Å². The maximum atomic E-state index is 13.7. The molecule has 5 rings (SSSR count). The van der Waals surface area contributed by atoms with Gasteiger partial charge in [-0.15, -0.1) is 0 Å². The number of fused-ring (bicyclic) bond motifs is 2. The molecule has 3 aromatic rings. The molecular weight excluding hydrogens is 536 g/mol. The summed E-state index contributed by atoms with van der Waals surface area (Å²) in [6.45, 7) is 0. The monoisotopic (exact) mass is 561 g/mol. The molecule has 2 aliphatic carbocycles. The average Bonchev–Trinajstić information content (AvgIpc) is 3.06. The first-order valence-corrected chi connectivity index (χ1v) is 14.2. The lowest BCUT2D eigenvalue weighted by Gasteiger charge is -2.45. The maximum absolute atomic E-state index is 13.7. The van der Waals surface area contributed by atoms with E-state index in [-0.39, 0.29) is 34.0 Å². The molecule has 0 saturated heterocycles. The third-order valence-corrected chi connectivity index (χ3v) is 10.6. The minimum Gasteiger partial charge on any atom is -0.386 e. The van der Waals surface area contributed by atoms with Gasteiger partial charge in [0.15, 0.2) is 21.5 Å². The first-order chi connectivity index (χ1) is 18.0. The molecule has 5 atom stereocenters. The minimum atomic E-state index is -4.01. The van der Waals surface area contributed by atoms with E-state index < -0.39 is 56.2 Å². The van der Waals surface area contributed by atoms with Crippen LogP contribution in [0.5, 0.6) is 0 Å². The summed E-state index contributed by atoms with van der Waals surface area (Å²) in [6.07, 6.45) is 0.307. The third-order valence-electron chi connectivity index (χ3n) is 7.94. The molecule has 2 fully saturated rings. The highest BCUT2D eigenvalue weighted by atomic mass is 35.5. The van der Waals surface area contributed by atoms with E-state index in [1.165, 1.54) is 24.3 Å². The van der Waals surface area contributed by atoms with Gasteiger partial charge in [0.25, 0.3) is 5.91 Å². The van der Waals surface area contributed by atoms with Crippen molar-refractivity contribution >= 4 is 33.0 Å². The second-order valence-corrected chi connectivity index (χ2v) is 12.6. The number of halogens is 3. The van der Waals surface area contributed by atoms with Crippen LogP contribution in [0, 0.1) is 23.5 Å². The molecule has 38 heavy (non-hydrogen) atoms. The molecule has 3 aromatic carbocycles. The van der Waals surface area contributed by atoms with Crippen LogP contribution in [0.4, 0.5) is 14.5 Å². The summed E-state index contributed by atoms with van der Waals surface area (Å²) in [5, 5.41) is 24.2. The number of carbonyl (C=O) groups is 1. The van der Waals surface area contributed by atoms with Gasteiger partial charge in [-0.05, 0) is 73.4 Å². The van der Waals surface area contributed by atoms with Crippen LogP contribution in [-0.4, -0.2) is 35.4 Å². The number of anilines is 1. The van der Waals surface area contributed by atoms with Crippen LogP contribution in [0.2, 0.25) is 5.02 Å². The summed E-state index contributed by atoms with van der Waals surface area (Å²) in [5.41, 5.74) is -0.875. The molecule has 3 N–H and O–H groups in total. The van der Waals surface area contributed by atoms with E-state index in [2.05, 4.69) is 5.32 Å². The van der Waals surface area contributed by atoms with Crippen LogP contribution in [0.3, 0.4) is 0 Å². The average molecular weight is 562 g/mol. The Morgan fingerprint density at radius 3 is 2.26 bits per heavy atom. The van der Waals surface area contributed by atoms with E-state index in [9.17, 15) is 32.2 Å². The number of aliphatic hydroxyl groups excluding tert-OH is 1. The van der Waals surface area contributed by atoms with Crippen molar-refractivity contribution in [1.29, 1.82) is 0 Å². The fourth-order valence-electron chi connectivity index (χ4n) is 5.96. The summed E-state index contributed by atoms with van der Waals surface area (Å²) < 4.78 is 54.2. The fraction of sp³-hybridized carbons (Fsp3) is 0.321. The fourth-order valence-corrected chi connectivity index (χ4v) is 8.37. The Hall–Kier alpha value is -2.85. The number of sulfone groups is 1. The van der Waals surface area contributed by atoms with Gasteiger partial charge in [0.1, 0.15) is 11.7 Å². The topological polar surface area (TPSA) is 104 Å². The number of benzene rings is 3. The van der Waals surface area contributed by atoms with Crippen LogP contribution in [0.15, 0.2) is 71.6 Å². The molecule has 200 valence electrons. The second-order valence-electron chi connectivity index (χ2n) is 10.0. The van der Waals surface area contributed by atoms with Crippen LogP contribution in [0.25, 0.3) is 0 Å². The van der Waals surface area contributed by atoms with Crippen molar-refractivity contribution in [1.82, 2.24) is 0 Å². The number of rotatable bonds is 6. The summed E-state index contributed by atoms with van der Waals surface area (Å²) >= 11 is 6.29. The van der Waals surface area contributed by atoms with Crippen LogP contribution in [0.1, 0.15) is 47.7 Å². The zero-order valence-electron chi connectivity index (χ0n) is 20.1. The van der Waals surface area contributed by atoms with Crippen LogP contribution < -0.4 is 5.32 Å². The minimum absolute atomic E-state index is 0.00775. The largest absolute Gasteiger partial charge is 0.386 e. The van der Waals surface area contributed by atoms with Gasteiger partial charge >= 0.3 is 0 Å². The Morgan fingerprint density at radius 1 is 0.974 bits per heavy atom. The Bertz CT molecular complexity index is 1470. The zero-order chi connectivity index (χ0) is 27.2. The Labute approximate surface area is 224 Å². The van der Waals surface area contributed by atoms with E-state index in [1.807, 2.05) is 6.07 Å². The molecular formula is C28H26ClF2NO5S. The summed E-state index contributed by atoms with van der Waals surface area (Å²) in [4.78, 5) is 12.5. The van der Waals surface area contributed by atoms with Crippen LogP contribution >= 0.6 is 11.6 Å². The van der Waals surface area contributed by atoms with Gasteiger partial charge in [-0.3, -0.25) is 4.79 Å². The molecule has 2 aliphatic rings. The Morgan fingerprint density at radius 2 is 1.63 bits per heavy atom. The lowest BCUT2D eigenvalue weighted by atomic mass is 9.69. The number of amides is 1. The summed E-state index contributed by atoms with van der Waals surface area (Å²) in [6, 6.07) is 15.5. The first-order valence-electron chi connectivity index (χ1n) is 12.3. The van der Waals surface area contributed by atoms with E-state index in [4.69, 9.17) is 11.6 Å². The van der Waals surface area contributed by atoms with Gasteiger partial charge in [-0.25, -0.2) is 17.2 Å². The third kappa shape index (κ3) is 4.62. The van der Waals surface area contributed by atoms with Gasteiger partial charge in [0, 0.05) is 17.3 Å². The van der Waals surface area contributed by atoms with Gasteiger partial charge < -0.3 is 15.5 Å². The lowest BCUT2D eigenvalue weighted by molar-refractivity contribution is -0.144. The van der Waals surface area contributed by atoms with E-state index in [1.54, 1.807) is 24.3 Å². The molecule has 0 aliphatic heterocycles. The number of hydrogen-bond donors (Lipinski definition) is 3. The van der Waals surface area contributed by atoms with Crippen molar-refractivity contribution < 1.29 is 32.2 Å². The summed E-state index contributed by atoms with van der Waals surface area (Å²) in [7, 11) is -4.01. The number of aliphatic hydroxyl groups is 2. The molecule has 0 radical (unpaired) electrons. The molecule has 10 heteroatoms. The predicted molar refractivity (Wildman–Crippen MR) is 139 cm³/mol. The summed E-state index contributed by atoms with van der Waals surface area (Å²) in [5.74, 6) is -3.78. The smallest absolute Gasteiger partial charge is 0.255 e. The van der Waals surface area contributed by atoms with Crippen LogP contribution in [-0.2, 0) is 9.84 Å². The standard InChI is InChI=1S/C28H26ClF2NO5S/c29-22-10-6-17(27(34)32-20-9-11-23(30)24(31)15-20)12-25(22)38(36,37)21-13-18-7-8-19(14-21)28(18,35)26(33)16-4-2-1-3-5-16/h1-6,9-12,15,18-19,21,26,33,35H,7-8,13-14H2,(H,32,34)/t18-,19?,21-,26?,28-/m0/s1. The zero-order valence-corrected chi connectivity index (χ0v) is 21.7. The normalized spacial score (nSPS) is 25.7. The molecule has 2 saturated carbocycles. The maximum Gasteiger partial charge on any atom is 0.255 e. The van der Waals surface area contributed by atoms with Crippen molar-refractivity contribution in [3.8, 4) is 0 Å². The highest BCUT2D eigenvalue weighted by Crippen LogP contribution is 2.56. The van der Waals surface area contributed by atoms with Crippen molar-refractivity contribution in [2.24, 2.45) is 11.8 Å². The number of nitrogens with one attached hydrogen (secondary N) is 1. The molecule has 2 unspecified atom stereocenters. The predicted octanol–water partition coefficient (Wildman–Crippen LogP) is 5.30. The van der Waals surface area contributed by atoms with Gasteiger partial charge in [0.2, 0.25) is 0 Å². The van der Waals surface area contributed by atoms with Gasteiger partial charge in [-0.2, -0.15) is 0 Å². The SMILES string of the molecule is O=C(Nc1ccc(F)c(F)c1)c1ccc(Cl)c(S(=O)(=O)[C@@H]2CC3CC[C@@H](C2)[C@@]3(O)C(O)c2ccccc2)c1. The molecule has 0 heterocycles. The van der Waals surface area contributed by atoms with Crippen molar-refractivity contribution in [2.45, 2.75) is 47.5 Å². The highest BCUT2D eigenvalue weighted by Gasteiger charge is 2.59. The molecule has 1 amide bonds. The number of hydrogen-bond acceptors (Lipinski definition) is 5. The molecule has 2 bridgehead atoms. The van der Waals surface area contributed by atoms with Gasteiger partial charge in [-0.1, -0.05) is 41.9 Å². The lowest BCUT2D eigenvalue weighted by Crippen LogP contribution is -2.52. The van der Waals surface area contributed by atoms with Crippen molar-refractivity contribution in [3.05, 3.63) is 94.5 Å². The van der Waals surface area contributed by atoms with E-state index in [0.717, 1.165) is 12.1 Å². The highest BCUT2D eigenvalue weighted by molar-refractivity contribution is 7.92.